The van der Waals surface area contributed by atoms with Crippen molar-refractivity contribution < 1.29 is 22.6 Å². The van der Waals surface area contributed by atoms with Gasteiger partial charge in [0.2, 0.25) is 0 Å². The third-order valence-electron chi connectivity index (χ3n) is 0.235. The summed E-state index contributed by atoms with van der Waals surface area (Å²) in [7, 11) is 0. The topological polar surface area (TPSA) is 46.1 Å². The third kappa shape index (κ3) is 20.2. The van der Waals surface area contributed by atoms with Crippen LogP contribution in [0, 0.1) is 0 Å². The second-order valence-corrected chi connectivity index (χ2v) is 0.977. The van der Waals surface area contributed by atoms with Gasteiger partial charge in [-0.2, -0.15) is 6.61 Å². The van der Waals surface area contributed by atoms with Crippen LogP contribution in [0.15, 0.2) is 0 Å². The van der Waals surface area contributed by atoms with Crippen LogP contribution in [0.2, 0.25) is 0 Å². The van der Waals surface area contributed by atoms with Gasteiger partial charge in [-0.25, -0.2) is 0 Å². The van der Waals surface area contributed by atoms with E-state index in [1.54, 1.807) is 0 Å². The number of halogens is 1. The van der Waals surface area contributed by atoms with Gasteiger partial charge in [0, 0.05) is 0 Å². The molecule has 0 aromatic rings. The van der Waals surface area contributed by atoms with Crippen LogP contribution in [-0.2, 0) is 0 Å². The Kier molecular flexibility index (Phi) is 22.1. The molecule has 40 valence electrons. The minimum atomic E-state index is -0.921. The Morgan fingerprint density at radius 2 is 1.71 bits per heavy atom. The van der Waals surface area contributed by atoms with Gasteiger partial charge in [0.1, 0.15) is 0 Å². The van der Waals surface area contributed by atoms with Gasteiger partial charge >= 0.3 is 17.4 Å². The Bertz CT molecular complexity index is 26.9. The van der Waals surface area contributed by atoms with E-state index in [0.29, 0.717) is 0 Å². The SMILES string of the molecule is CC([O-])C[O-].[Al+3].[Cl-]. The fraction of sp³-hybridized carbons (Fsp3) is 1.00. The van der Waals surface area contributed by atoms with Crippen molar-refractivity contribution in [3.8, 4) is 0 Å². The van der Waals surface area contributed by atoms with E-state index in [4.69, 9.17) is 0 Å². The van der Waals surface area contributed by atoms with E-state index >= 15 is 0 Å². The quantitative estimate of drug-likeness (QED) is 0.338. The molecule has 1 atom stereocenters. The minimum absolute atomic E-state index is 0. The normalized spacial score (nSPS) is 10.7. The first kappa shape index (κ1) is 15.6. The van der Waals surface area contributed by atoms with E-state index in [-0.39, 0.29) is 29.8 Å². The summed E-state index contributed by atoms with van der Waals surface area (Å²) in [6.45, 7) is 0.854. The molecule has 0 saturated carbocycles. The molecule has 0 fully saturated rings. The van der Waals surface area contributed by atoms with Crippen molar-refractivity contribution in [1.29, 1.82) is 0 Å². The van der Waals surface area contributed by atoms with Crippen LogP contribution in [0.5, 0.6) is 0 Å². The van der Waals surface area contributed by atoms with Crippen LogP contribution in [0.25, 0.3) is 0 Å². The second kappa shape index (κ2) is 9.89. The van der Waals surface area contributed by atoms with Crippen LogP contribution in [-0.4, -0.2) is 30.1 Å². The van der Waals surface area contributed by atoms with E-state index in [1.165, 1.54) is 6.92 Å². The van der Waals surface area contributed by atoms with E-state index < -0.39 is 12.7 Å². The molecule has 1 unspecified atom stereocenters. The van der Waals surface area contributed by atoms with E-state index in [9.17, 15) is 10.2 Å². The summed E-state index contributed by atoms with van der Waals surface area (Å²) in [5, 5.41) is 18.9. The average molecular weight is 137 g/mol. The summed E-state index contributed by atoms with van der Waals surface area (Å²) >= 11 is 0. The first-order valence-corrected chi connectivity index (χ1v) is 1.51. The first-order chi connectivity index (χ1) is 2.27. The predicted octanol–water partition coefficient (Wildman–Crippen LogP) is -5.28. The minimum Gasteiger partial charge on any atom is -1.00 e. The molecule has 2 nitrogen and oxygen atoms in total. The maximum atomic E-state index is 9.58. The van der Waals surface area contributed by atoms with Crippen LogP contribution >= 0.6 is 0 Å². The van der Waals surface area contributed by atoms with E-state index in [0.717, 1.165) is 0 Å². The van der Waals surface area contributed by atoms with Gasteiger partial charge in [0.25, 0.3) is 0 Å². The van der Waals surface area contributed by atoms with Gasteiger partial charge in [0.05, 0.1) is 0 Å². The zero-order valence-corrected chi connectivity index (χ0v) is 5.97. The van der Waals surface area contributed by atoms with Crippen LogP contribution in [0.3, 0.4) is 0 Å². The summed E-state index contributed by atoms with van der Waals surface area (Å²) in [4.78, 5) is 0. The Labute approximate surface area is 60.1 Å². The molecule has 0 amide bonds. The summed E-state index contributed by atoms with van der Waals surface area (Å²) in [5.41, 5.74) is 0. The number of hydrogen-bond donors (Lipinski definition) is 0. The van der Waals surface area contributed by atoms with Gasteiger partial charge in [0.15, 0.2) is 0 Å². The molecule has 0 rings (SSSR count). The summed E-state index contributed by atoms with van der Waals surface area (Å²) in [6, 6.07) is 0. The molecule has 0 N–H and O–H groups in total. The zero-order chi connectivity index (χ0) is 4.28. The molecule has 0 aliphatic rings. The number of rotatable bonds is 1. The first-order valence-electron chi connectivity index (χ1n) is 1.51. The third-order valence-corrected chi connectivity index (χ3v) is 0.235. The molecule has 0 spiro atoms. The Morgan fingerprint density at radius 3 is 1.71 bits per heavy atom. The smallest absolute Gasteiger partial charge is 1.00 e. The maximum Gasteiger partial charge on any atom is 3.00 e. The monoisotopic (exact) mass is 136 g/mol. The van der Waals surface area contributed by atoms with Gasteiger partial charge in [-0.05, 0) is 0 Å². The zero-order valence-electron chi connectivity index (χ0n) is 4.06. The van der Waals surface area contributed by atoms with Crippen molar-refractivity contribution in [3.63, 3.8) is 0 Å². The van der Waals surface area contributed by atoms with Crippen LogP contribution < -0.4 is 22.6 Å². The van der Waals surface area contributed by atoms with Crippen LogP contribution in [0.1, 0.15) is 6.92 Å². The fourth-order valence-corrected chi connectivity index (χ4v) is 0. The fourth-order valence-electron chi connectivity index (χ4n) is 0. The molecule has 0 bridgehead atoms. The molecule has 0 saturated heterocycles. The molecule has 0 aliphatic heterocycles. The molecular formula is C3H6AlClO2. The molecule has 7 heavy (non-hydrogen) atoms. The van der Waals surface area contributed by atoms with Gasteiger partial charge in [-0.15, -0.1) is 6.10 Å². The van der Waals surface area contributed by atoms with Gasteiger partial charge in [-0.3, -0.25) is 0 Å². The summed E-state index contributed by atoms with van der Waals surface area (Å²) in [6.07, 6.45) is -0.921. The number of hydrogen-bond acceptors (Lipinski definition) is 2. The van der Waals surface area contributed by atoms with Crippen LogP contribution in [0.4, 0.5) is 0 Å². The second-order valence-electron chi connectivity index (χ2n) is 0.977. The average Bonchev–Trinajstić information content (AvgIpc) is 1.38. The Balaban J connectivity index is -0.0000000800. The Morgan fingerprint density at radius 1 is 1.57 bits per heavy atom. The molecular weight excluding hydrogens is 130 g/mol. The maximum absolute atomic E-state index is 9.58. The molecule has 0 radical (unpaired) electrons. The van der Waals surface area contributed by atoms with Gasteiger partial charge in [-0.1, -0.05) is 6.92 Å². The van der Waals surface area contributed by atoms with Crippen molar-refractivity contribution in [1.82, 2.24) is 0 Å². The predicted molar refractivity (Wildman–Crippen MR) is 20.1 cm³/mol. The van der Waals surface area contributed by atoms with Crippen molar-refractivity contribution in [2.75, 3.05) is 6.61 Å². The standard InChI is InChI=1S/C3H6O2.Al.ClH/c1-3(5)2-4;;/h3H,2H2,1H3;;1H/q-2;+3;/p-1. The molecule has 0 heterocycles. The van der Waals surface area contributed by atoms with Gasteiger partial charge < -0.3 is 22.6 Å². The Hall–Kier alpha value is 0.742. The van der Waals surface area contributed by atoms with Crippen molar-refractivity contribution in [2.24, 2.45) is 0 Å². The van der Waals surface area contributed by atoms with E-state index in [1.807, 2.05) is 0 Å². The van der Waals surface area contributed by atoms with E-state index in [2.05, 4.69) is 0 Å². The van der Waals surface area contributed by atoms with Crippen molar-refractivity contribution in [2.45, 2.75) is 13.0 Å². The molecule has 0 aromatic heterocycles. The summed E-state index contributed by atoms with van der Waals surface area (Å²) in [5.74, 6) is 0. The molecule has 0 aromatic carbocycles. The molecule has 0 aliphatic carbocycles. The van der Waals surface area contributed by atoms with Crippen molar-refractivity contribution in [3.05, 3.63) is 0 Å². The molecule has 4 heteroatoms. The summed E-state index contributed by atoms with van der Waals surface area (Å²) < 4.78 is 0. The largest absolute Gasteiger partial charge is 3.00 e. The van der Waals surface area contributed by atoms with Crippen molar-refractivity contribution >= 4 is 17.4 Å².